The van der Waals surface area contributed by atoms with Gasteiger partial charge in [-0.3, -0.25) is 0 Å². The maximum Gasteiger partial charge on any atom is 0.238 e. The summed E-state index contributed by atoms with van der Waals surface area (Å²) in [4.78, 5) is 5.37. The number of rotatable bonds is 3. The third-order valence-electron chi connectivity index (χ3n) is 2.06. The Morgan fingerprint density at radius 1 is 1.22 bits per heavy atom. The molecule has 0 aliphatic heterocycles. The van der Waals surface area contributed by atoms with Gasteiger partial charge in [0.05, 0.1) is 10.6 Å². The van der Waals surface area contributed by atoms with Gasteiger partial charge in [-0.15, -0.1) is 0 Å². The molecule has 0 bridgehead atoms. The fourth-order valence-electron chi connectivity index (χ4n) is 1.14. The van der Waals surface area contributed by atoms with Crippen LogP contribution in [0, 0.1) is 0 Å². The zero-order valence-electron chi connectivity index (χ0n) is 11.0. The number of nitrogens with two attached hydrogens (primary N) is 1. The standard InChI is InChI=1S/C12H18N2O3S/c1-9(14-17-12(2,3)4)10-5-7-11(8-6-10)18(13,15)16/h5-8H,1-4H3,(H2,13,15,16). The number of primary sulfonamides is 1. The van der Waals surface area contributed by atoms with Gasteiger partial charge in [0, 0.05) is 0 Å². The summed E-state index contributed by atoms with van der Waals surface area (Å²) >= 11 is 0. The van der Waals surface area contributed by atoms with Gasteiger partial charge in [-0.25, -0.2) is 13.6 Å². The number of hydrogen-bond donors (Lipinski definition) is 1. The third kappa shape index (κ3) is 4.46. The molecule has 0 fully saturated rings. The summed E-state index contributed by atoms with van der Waals surface area (Å²) in [5, 5.41) is 9.01. The minimum atomic E-state index is -3.65. The topological polar surface area (TPSA) is 81.8 Å². The summed E-state index contributed by atoms with van der Waals surface area (Å²) in [5.74, 6) is 0. The normalized spacial score (nSPS) is 13.5. The molecule has 1 aromatic carbocycles. The van der Waals surface area contributed by atoms with E-state index in [1.54, 1.807) is 19.1 Å². The first kappa shape index (κ1) is 14.7. The van der Waals surface area contributed by atoms with Gasteiger partial charge in [0.25, 0.3) is 0 Å². The van der Waals surface area contributed by atoms with Gasteiger partial charge < -0.3 is 4.84 Å². The molecule has 5 nitrogen and oxygen atoms in total. The fourth-order valence-corrected chi connectivity index (χ4v) is 1.66. The number of oxime groups is 1. The number of nitrogens with zero attached hydrogens (tertiary/aromatic N) is 1. The zero-order chi connectivity index (χ0) is 14.0. The van der Waals surface area contributed by atoms with Crippen LogP contribution in [0.25, 0.3) is 0 Å². The predicted molar refractivity (Wildman–Crippen MR) is 70.9 cm³/mol. The molecular formula is C12H18N2O3S. The lowest BCUT2D eigenvalue weighted by atomic mass is 10.1. The van der Waals surface area contributed by atoms with Crippen molar-refractivity contribution in [1.82, 2.24) is 0 Å². The van der Waals surface area contributed by atoms with E-state index in [9.17, 15) is 8.42 Å². The molecule has 0 aromatic heterocycles. The summed E-state index contributed by atoms with van der Waals surface area (Å²) in [6.07, 6.45) is 0. The minimum absolute atomic E-state index is 0.0794. The van der Waals surface area contributed by atoms with E-state index < -0.39 is 10.0 Å². The minimum Gasteiger partial charge on any atom is -0.390 e. The van der Waals surface area contributed by atoms with Crippen molar-refractivity contribution in [2.24, 2.45) is 10.3 Å². The molecule has 0 saturated heterocycles. The SMILES string of the molecule is CC(=NOC(C)(C)C)c1ccc(S(N)(=O)=O)cc1. The highest BCUT2D eigenvalue weighted by Crippen LogP contribution is 2.12. The molecule has 0 radical (unpaired) electrons. The molecule has 0 aliphatic carbocycles. The Morgan fingerprint density at radius 2 is 1.72 bits per heavy atom. The molecule has 100 valence electrons. The molecule has 0 atom stereocenters. The second-order valence-corrected chi connectivity index (χ2v) is 6.51. The van der Waals surface area contributed by atoms with Crippen LogP contribution in [0.15, 0.2) is 34.3 Å². The summed E-state index contributed by atoms with van der Waals surface area (Å²) in [5.41, 5.74) is 1.10. The van der Waals surface area contributed by atoms with Crippen LogP contribution in [0.4, 0.5) is 0 Å². The van der Waals surface area contributed by atoms with Crippen LogP contribution in [0.5, 0.6) is 0 Å². The molecule has 0 heterocycles. The smallest absolute Gasteiger partial charge is 0.238 e. The third-order valence-corrected chi connectivity index (χ3v) is 2.99. The summed E-state index contributed by atoms with van der Waals surface area (Å²) in [6.45, 7) is 7.48. The van der Waals surface area contributed by atoms with Gasteiger partial charge >= 0.3 is 0 Å². The van der Waals surface area contributed by atoms with Crippen molar-refractivity contribution < 1.29 is 13.3 Å². The molecule has 18 heavy (non-hydrogen) atoms. The van der Waals surface area contributed by atoms with E-state index in [-0.39, 0.29) is 10.5 Å². The van der Waals surface area contributed by atoms with Gasteiger partial charge in [-0.1, -0.05) is 17.3 Å². The van der Waals surface area contributed by atoms with E-state index in [4.69, 9.17) is 9.98 Å². The van der Waals surface area contributed by atoms with Gasteiger partial charge in [-0.2, -0.15) is 0 Å². The highest BCUT2D eigenvalue weighted by Gasteiger charge is 2.11. The lowest BCUT2D eigenvalue weighted by Crippen LogP contribution is -2.16. The van der Waals surface area contributed by atoms with E-state index in [0.29, 0.717) is 5.71 Å². The Labute approximate surface area is 108 Å². The first-order valence-corrected chi connectivity index (χ1v) is 7.00. The van der Waals surface area contributed by atoms with Gasteiger partial charge in [-0.05, 0) is 45.4 Å². The second kappa shape index (κ2) is 5.07. The molecule has 0 amide bonds. The Bertz CT molecular complexity index is 540. The summed E-state index contributed by atoms with van der Waals surface area (Å²) in [6, 6.07) is 6.18. The summed E-state index contributed by atoms with van der Waals surface area (Å²) in [7, 11) is -3.65. The van der Waals surface area contributed by atoms with Gasteiger partial charge in [0.15, 0.2) is 0 Å². The molecule has 0 unspecified atom stereocenters. The van der Waals surface area contributed by atoms with Gasteiger partial charge in [0.2, 0.25) is 10.0 Å². The molecule has 2 N–H and O–H groups in total. The van der Waals surface area contributed by atoms with E-state index in [1.165, 1.54) is 12.1 Å². The van der Waals surface area contributed by atoms with Crippen molar-refractivity contribution in [3.05, 3.63) is 29.8 Å². The Balaban J connectivity index is 2.93. The maximum absolute atomic E-state index is 11.1. The molecule has 1 aromatic rings. The van der Waals surface area contributed by atoms with Crippen molar-refractivity contribution in [3.8, 4) is 0 Å². The Morgan fingerprint density at radius 3 is 2.11 bits per heavy atom. The number of benzene rings is 1. The molecule has 6 heteroatoms. The highest BCUT2D eigenvalue weighted by atomic mass is 32.2. The molecule has 0 spiro atoms. The van der Waals surface area contributed by atoms with Crippen LogP contribution in [-0.4, -0.2) is 19.7 Å². The highest BCUT2D eigenvalue weighted by molar-refractivity contribution is 7.89. The monoisotopic (exact) mass is 270 g/mol. The number of hydrogen-bond acceptors (Lipinski definition) is 4. The van der Waals surface area contributed by atoms with Crippen LogP contribution in [0.1, 0.15) is 33.3 Å². The van der Waals surface area contributed by atoms with E-state index in [1.807, 2.05) is 20.8 Å². The maximum atomic E-state index is 11.1. The van der Waals surface area contributed by atoms with Crippen molar-refractivity contribution in [3.63, 3.8) is 0 Å². The Hall–Kier alpha value is -1.40. The van der Waals surface area contributed by atoms with Crippen LogP contribution >= 0.6 is 0 Å². The summed E-state index contributed by atoms with van der Waals surface area (Å²) < 4.78 is 22.2. The fraction of sp³-hybridized carbons (Fsp3) is 0.417. The van der Waals surface area contributed by atoms with E-state index in [0.717, 1.165) is 5.56 Å². The van der Waals surface area contributed by atoms with Crippen molar-refractivity contribution in [2.45, 2.75) is 38.2 Å². The number of sulfonamides is 1. The predicted octanol–water partition coefficient (Wildman–Crippen LogP) is 1.87. The second-order valence-electron chi connectivity index (χ2n) is 4.95. The van der Waals surface area contributed by atoms with Gasteiger partial charge in [0.1, 0.15) is 5.60 Å². The quantitative estimate of drug-likeness (QED) is 0.672. The van der Waals surface area contributed by atoms with E-state index >= 15 is 0 Å². The van der Waals surface area contributed by atoms with Crippen molar-refractivity contribution in [2.75, 3.05) is 0 Å². The van der Waals surface area contributed by atoms with Crippen molar-refractivity contribution >= 4 is 15.7 Å². The van der Waals surface area contributed by atoms with Crippen LogP contribution in [-0.2, 0) is 14.9 Å². The van der Waals surface area contributed by atoms with Crippen LogP contribution in [0.3, 0.4) is 0 Å². The lowest BCUT2D eigenvalue weighted by Gasteiger charge is -2.16. The van der Waals surface area contributed by atoms with E-state index in [2.05, 4.69) is 5.16 Å². The average molecular weight is 270 g/mol. The first-order chi connectivity index (χ1) is 8.09. The molecule has 0 saturated carbocycles. The first-order valence-electron chi connectivity index (χ1n) is 5.45. The lowest BCUT2D eigenvalue weighted by molar-refractivity contribution is 0.000955. The van der Waals surface area contributed by atoms with Crippen LogP contribution < -0.4 is 5.14 Å². The van der Waals surface area contributed by atoms with Crippen molar-refractivity contribution in [1.29, 1.82) is 0 Å². The van der Waals surface area contributed by atoms with Crippen LogP contribution in [0.2, 0.25) is 0 Å². The largest absolute Gasteiger partial charge is 0.390 e. The average Bonchev–Trinajstić information content (AvgIpc) is 2.24. The molecular weight excluding hydrogens is 252 g/mol. The molecule has 1 rings (SSSR count). The zero-order valence-corrected chi connectivity index (χ0v) is 11.8. The molecule has 0 aliphatic rings. The Kier molecular flexibility index (Phi) is 4.13.